The Kier molecular flexibility index (Phi) is 9.84. The highest BCUT2D eigenvalue weighted by molar-refractivity contribution is 7.99. The van der Waals surface area contributed by atoms with Crippen molar-refractivity contribution >= 4 is 21.9 Å². The third-order valence-corrected chi connectivity index (χ3v) is 5.78. The van der Waals surface area contributed by atoms with Crippen LogP contribution in [0.15, 0.2) is 29.2 Å². The maximum Gasteiger partial charge on any atom is 0.296 e. The van der Waals surface area contributed by atoms with Crippen molar-refractivity contribution < 1.29 is 12.6 Å². The molecule has 0 fully saturated rings. The third kappa shape index (κ3) is 8.20. The molecule has 5 heteroatoms. The van der Waals surface area contributed by atoms with Gasteiger partial charge in [-0.3, -0.25) is 4.18 Å². The molecule has 0 unspecified atom stereocenters. The molecule has 3 nitrogen and oxygen atoms in total. The molecule has 0 bridgehead atoms. The average molecular weight is 345 g/mol. The third-order valence-electron chi connectivity index (χ3n) is 3.42. The molecule has 0 aliphatic carbocycles. The molecule has 0 aliphatic heterocycles. The van der Waals surface area contributed by atoms with Crippen molar-refractivity contribution in [3.63, 3.8) is 0 Å². The number of aryl methyl sites for hydroxylation is 1. The van der Waals surface area contributed by atoms with Crippen LogP contribution in [0.4, 0.5) is 0 Å². The maximum atomic E-state index is 11.9. The fourth-order valence-electron chi connectivity index (χ4n) is 2.06. The summed E-state index contributed by atoms with van der Waals surface area (Å²) in [5.74, 6) is 1.81. The highest BCUT2D eigenvalue weighted by atomic mass is 32.2. The van der Waals surface area contributed by atoms with Gasteiger partial charge in [0.05, 0.1) is 11.5 Å². The van der Waals surface area contributed by atoms with Crippen LogP contribution >= 0.6 is 11.8 Å². The first-order chi connectivity index (χ1) is 10.6. The molecule has 1 aromatic carbocycles. The number of unbranched alkanes of at least 4 members (excludes halogenated alkanes) is 5. The van der Waals surface area contributed by atoms with E-state index in [2.05, 4.69) is 6.92 Å². The molecule has 0 N–H and O–H groups in total. The van der Waals surface area contributed by atoms with E-state index in [0.717, 1.165) is 17.1 Å². The molecule has 0 radical (unpaired) electrons. The van der Waals surface area contributed by atoms with E-state index in [4.69, 9.17) is 4.18 Å². The monoisotopic (exact) mass is 344 g/mol. The summed E-state index contributed by atoms with van der Waals surface area (Å²) >= 11 is 1.77. The largest absolute Gasteiger partial charge is 0.296 e. The van der Waals surface area contributed by atoms with Crippen molar-refractivity contribution in [3.05, 3.63) is 29.8 Å². The van der Waals surface area contributed by atoms with E-state index in [1.807, 2.05) is 6.92 Å². The summed E-state index contributed by atoms with van der Waals surface area (Å²) in [4.78, 5) is 0.235. The lowest BCUT2D eigenvalue weighted by molar-refractivity contribution is 0.341. The molecule has 0 atom stereocenters. The minimum atomic E-state index is -3.60. The van der Waals surface area contributed by atoms with Gasteiger partial charge in [0.1, 0.15) is 0 Å². The number of rotatable bonds is 12. The normalized spacial score (nSPS) is 11.7. The van der Waals surface area contributed by atoms with Crippen LogP contribution in [0, 0.1) is 6.92 Å². The van der Waals surface area contributed by atoms with E-state index in [1.165, 1.54) is 38.5 Å². The quantitative estimate of drug-likeness (QED) is 0.404. The SMILES string of the molecule is CCCCCCCCSCCOS(=O)(=O)c1ccc(C)cc1. The minimum Gasteiger partial charge on any atom is -0.266 e. The molecule has 22 heavy (non-hydrogen) atoms. The molecule has 0 aromatic heterocycles. The van der Waals surface area contributed by atoms with Crippen LogP contribution < -0.4 is 0 Å². The Morgan fingerprint density at radius 1 is 0.955 bits per heavy atom. The van der Waals surface area contributed by atoms with Crippen LogP contribution in [0.2, 0.25) is 0 Å². The van der Waals surface area contributed by atoms with Gasteiger partial charge in [0.2, 0.25) is 0 Å². The first-order valence-corrected chi connectivity index (χ1v) is 10.7. The van der Waals surface area contributed by atoms with E-state index in [9.17, 15) is 8.42 Å². The van der Waals surface area contributed by atoms with E-state index in [1.54, 1.807) is 36.0 Å². The smallest absolute Gasteiger partial charge is 0.266 e. The van der Waals surface area contributed by atoms with Gasteiger partial charge in [-0.05, 0) is 31.2 Å². The van der Waals surface area contributed by atoms with Gasteiger partial charge in [-0.25, -0.2) is 0 Å². The summed E-state index contributed by atoms with van der Waals surface area (Å²) in [6, 6.07) is 6.75. The van der Waals surface area contributed by atoms with Gasteiger partial charge >= 0.3 is 0 Å². The standard InChI is InChI=1S/C17H28O3S2/c1-3-4-5-6-7-8-14-21-15-13-20-22(18,19)17-11-9-16(2)10-12-17/h9-12H,3-8,13-15H2,1-2H3. The van der Waals surface area contributed by atoms with Gasteiger partial charge in [0, 0.05) is 5.75 Å². The second kappa shape index (κ2) is 11.1. The molecule has 0 amide bonds. The van der Waals surface area contributed by atoms with Crippen molar-refractivity contribution in [1.82, 2.24) is 0 Å². The highest BCUT2D eigenvalue weighted by Gasteiger charge is 2.14. The zero-order chi connectivity index (χ0) is 16.3. The first-order valence-electron chi connectivity index (χ1n) is 8.10. The lowest BCUT2D eigenvalue weighted by atomic mass is 10.1. The Morgan fingerprint density at radius 2 is 1.59 bits per heavy atom. The summed E-state index contributed by atoms with van der Waals surface area (Å²) in [7, 11) is -3.60. The van der Waals surface area contributed by atoms with Gasteiger partial charge in [-0.1, -0.05) is 56.7 Å². The second-order valence-corrected chi connectivity index (χ2v) is 8.31. The van der Waals surface area contributed by atoms with Crippen molar-refractivity contribution in [2.45, 2.75) is 57.3 Å². The van der Waals surface area contributed by atoms with Crippen molar-refractivity contribution in [3.8, 4) is 0 Å². The fourth-order valence-corrected chi connectivity index (χ4v) is 3.89. The first kappa shape index (κ1) is 19.5. The van der Waals surface area contributed by atoms with E-state index in [0.29, 0.717) is 0 Å². The van der Waals surface area contributed by atoms with Crippen molar-refractivity contribution in [1.29, 1.82) is 0 Å². The summed E-state index contributed by atoms with van der Waals surface area (Å²) in [5.41, 5.74) is 1.04. The Bertz CT molecular complexity index is 495. The topological polar surface area (TPSA) is 43.4 Å². The Hall–Kier alpha value is -0.520. The number of benzene rings is 1. The number of hydrogen-bond donors (Lipinski definition) is 0. The molecular formula is C17H28O3S2. The van der Waals surface area contributed by atoms with Crippen LogP contribution in [-0.2, 0) is 14.3 Å². The molecule has 0 aliphatic rings. The van der Waals surface area contributed by atoms with Crippen LogP contribution in [0.25, 0.3) is 0 Å². The predicted molar refractivity (Wildman–Crippen MR) is 95.0 cm³/mol. The Balaban J connectivity index is 2.10. The number of thioether (sulfide) groups is 1. The summed E-state index contributed by atoms with van der Waals surface area (Å²) in [5, 5.41) is 0. The lowest BCUT2D eigenvalue weighted by Crippen LogP contribution is -2.09. The zero-order valence-electron chi connectivity index (χ0n) is 13.7. The van der Waals surface area contributed by atoms with Crippen LogP contribution in [0.5, 0.6) is 0 Å². The molecule has 1 aromatic rings. The van der Waals surface area contributed by atoms with Gasteiger partial charge in [0.25, 0.3) is 10.1 Å². The molecule has 0 spiro atoms. The minimum absolute atomic E-state index is 0.235. The second-order valence-electron chi connectivity index (χ2n) is 5.47. The van der Waals surface area contributed by atoms with Gasteiger partial charge < -0.3 is 0 Å². The zero-order valence-corrected chi connectivity index (χ0v) is 15.3. The average Bonchev–Trinajstić information content (AvgIpc) is 2.49. The van der Waals surface area contributed by atoms with Crippen LogP contribution in [0.1, 0.15) is 51.0 Å². The summed E-state index contributed by atoms with van der Waals surface area (Å²) < 4.78 is 29.0. The lowest BCUT2D eigenvalue weighted by Gasteiger charge is -2.06. The highest BCUT2D eigenvalue weighted by Crippen LogP contribution is 2.14. The van der Waals surface area contributed by atoms with Gasteiger partial charge in [-0.15, -0.1) is 0 Å². The molecule has 0 saturated carbocycles. The van der Waals surface area contributed by atoms with Crippen molar-refractivity contribution in [2.24, 2.45) is 0 Å². The Labute approximate surface area is 140 Å². The summed E-state index contributed by atoms with van der Waals surface area (Å²) in [6.07, 6.45) is 7.74. The van der Waals surface area contributed by atoms with Gasteiger partial charge in [0.15, 0.2) is 0 Å². The van der Waals surface area contributed by atoms with E-state index in [-0.39, 0.29) is 11.5 Å². The molecule has 0 heterocycles. The molecule has 0 saturated heterocycles. The predicted octanol–water partition coefficient (Wildman–Crippen LogP) is 4.79. The van der Waals surface area contributed by atoms with Crippen LogP contribution in [-0.4, -0.2) is 26.5 Å². The van der Waals surface area contributed by atoms with E-state index < -0.39 is 10.1 Å². The fraction of sp³-hybridized carbons (Fsp3) is 0.647. The van der Waals surface area contributed by atoms with E-state index >= 15 is 0 Å². The molecule has 1 rings (SSSR count). The Morgan fingerprint density at radius 3 is 2.27 bits per heavy atom. The van der Waals surface area contributed by atoms with Crippen LogP contribution in [0.3, 0.4) is 0 Å². The molecule has 126 valence electrons. The van der Waals surface area contributed by atoms with Crippen molar-refractivity contribution in [2.75, 3.05) is 18.1 Å². The summed E-state index contributed by atoms with van der Waals surface area (Å²) in [6.45, 7) is 4.40. The molecular weight excluding hydrogens is 316 g/mol. The van der Waals surface area contributed by atoms with Gasteiger partial charge in [-0.2, -0.15) is 20.2 Å². The number of hydrogen-bond acceptors (Lipinski definition) is 4. The maximum absolute atomic E-state index is 11.9.